The molecule has 1 aliphatic heterocycles. The van der Waals surface area contributed by atoms with Crippen molar-refractivity contribution in [1.29, 1.82) is 0 Å². The standard InChI is InChI=1S/C22H33N3OS.ClH/c1-4-15-24-21(16-27-22(24)23-19-9-7-6-8-10-19)25(17(3)26)20-13-11-18(5-2)12-14-20;/h11-14,19,21H,4-10,15-16H2,1-3H3;1H. The molecule has 0 radical (unpaired) electrons. The van der Waals surface area contributed by atoms with E-state index >= 15 is 0 Å². The molecular formula is C22H34ClN3OS. The summed E-state index contributed by atoms with van der Waals surface area (Å²) < 4.78 is 0. The summed E-state index contributed by atoms with van der Waals surface area (Å²) in [5.41, 5.74) is 2.29. The first-order chi connectivity index (χ1) is 13.1. The van der Waals surface area contributed by atoms with Crippen LogP contribution in [0.15, 0.2) is 29.3 Å². The van der Waals surface area contributed by atoms with E-state index in [1.807, 2.05) is 16.7 Å². The second-order valence-corrected chi connectivity index (χ2v) is 8.58. The average molecular weight is 424 g/mol. The van der Waals surface area contributed by atoms with Gasteiger partial charge < -0.3 is 4.90 Å². The molecule has 1 saturated heterocycles. The van der Waals surface area contributed by atoms with Crippen LogP contribution >= 0.6 is 24.2 Å². The lowest BCUT2D eigenvalue weighted by Crippen LogP contribution is -2.50. The second-order valence-electron chi connectivity index (χ2n) is 7.60. The first-order valence-corrected chi connectivity index (χ1v) is 11.5. The van der Waals surface area contributed by atoms with Gasteiger partial charge in [-0.05, 0) is 43.4 Å². The first-order valence-electron chi connectivity index (χ1n) is 10.5. The molecule has 1 atom stereocenters. The number of hydrogen-bond acceptors (Lipinski definition) is 3. The summed E-state index contributed by atoms with van der Waals surface area (Å²) in [5, 5.41) is 1.14. The minimum absolute atomic E-state index is 0. The van der Waals surface area contributed by atoms with Crippen molar-refractivity contribution < 1.29 is 4.79 Å². The molecule has 0 N–H and O–H groups in total. The number of rotatable bonds is 6. The Morgan fingerprint density at radius 1 is 1.18 bits per heavy atom. The van der Waals surface area contributed by atoms with Gasteiger partial charge in [-0.15, -0.1) is 12.4 Å². The fourth-order valence-corrected chi connectivity index (χ4v) is 5.31. The van der Waals surface area contributed by atoms with Crippen molar-refractivity contribution in [3.8, 4) is 0 Å². The molecule has 156 valence electrons. The minimum Gasteiger partial charge on any atom is -0.330 e. The van der Waals surface area contributed by atoms with Gasteiger partial charge >= 0.3 is 0 Å². The molecule has 0 aromatic heterocycles. The zero-order valence-electron chi connectivity index (χ0n) is 17.4. The zero-order chi connectivity index (χ0) is 19.2. The molecule has 3 rings (SSSR count). The third-order valence-corrected chi connectivity index (χ3v) is 6.62. The van der Waals surface area contributed by atoms with Gasteiger partial charge in [-0.2, -0.15) is 0 Å². The SMILES string of the molecule is CCCN1C(=NC2CCCCC2)SCC1N(C(C)=O)c1ccc(CC)cc1.Cl. The van der Waals surface area contributed by atoms with Crippen LogP contribution in [0.25, 0.3) is 0 Å². The summed E-state index contributed by atoms with van der Waals surface area (Å²) in [7, 11) is 0. The van der Waals surface area contributed by atoms with E-state index in [9.17, 15) is 4.79 Å². The topological polar surface area (TPSA) is 35.9 Å². The number of carbonyl (C=O) groups is 1. The number of amides is 1. The van der Waals surface area contributed by atoms with Gasteiger partial charge in [0.2, 0.25) is 5.91 Å². The van der Waals surface area contributed by atoms with Crippen LogP contribution in [0.3, 0.4) is 0 Å². The van der Waals surface area contributed by atoms with Crippen LogP contribution in [-0.2, 0) is 11.2 Å². The summed E-state index contributed by atoms with van der Waals surface area (Å²) in [6.45, 7) is 6.98. The average Bonchev–Trinajstić information content (AvgIpc) is 3.05. The van der Waals surface area contributed by atoms with Gasteiger partial charge in [0.1, 0.15) is 6.17 Å². The van der Waals surface area contributed by atoms with E-state index in [-0.39, 0.29) is 24.5 Å². The Hall–Kier alpha value is -1.20. The van der Waals surface area contributed by atoms with Gasteiger partial charge in [-0.1, -0.05) is 57.0 Å². The predicted octanol–water partition coefficient (Wildman–Crippen LogP) is 5.50. The summed E-state index contributed by atoms with van der Waals surface area (Å²) in [6, 6.07) is 8.91. The lowest BCUT2D eigenvalue weighted by molar-refractivity contribution is -0.117. The third kappa shape index (κ3) is 5.44. The predicted molar refractivity (Wildman–Crippen MR) is 124 cm³/mol. The van der Waals surface area contributed by atoms with Crippen molar-refractivity contribution in [2.45, 2.75) is 77.9 Å². The van der Waals surface area contributed by atoms with Crippen LogP contribution in [-0.4, -0.2) is 40.5 Å². The Kier molecular flexibility index (Phi) is 9.16. The molecule has 1 saturated carbocycles. The largest absolute Gasteiger partial charge is 0.330 e. The van der Waals surface area contributed by atoms with Crippen LogP contribution in [0.1, 0.15) is 64.9 Å². The molecule has 4 nitrogen and oxygen atoms in total. The summed E-state index contributed by atoms with van der Waals surface area (Å²) in [6.07, 6.45) is 8.50. The van der Waals surface area contributed by atoms with Crippen molar-refractivity contribution in [3.63, 3.8) is 0 Å². The molecule has 1 unspecified atom stereocenters. The smallest absolute Gasteiger partial charge is 0.225 e. The molecule has 2 aliphatic rings. The molecule has 1 amide bonds. The molecule has 28 heavy (non-hydrogen) atoms. The Balaban J connectivity index is 0.00000280. The van der Waals surface area contributed by atoms with E-state index in [1.165, 1.54) is 37.7 Å². The molecule has 6 heteroatoms. The molecule has 0 spiro atoms. The van der Waals surface area contributed by atoms with E-state index in [0.717, 1.165) is 36.0 Å². The highest BCUT2D eigenvalue weighted by atomic mass is 35.5. The number of halogens is 1. The molecule has 1 aliphatic carbocycles. The zero-order valence-corrected chi connectivity index (χ0v) is 19.0. The first kappa shape index (κ1) is 23.1. The molecule has 0 bridgehead atoms. The van der Waals surface area contributed by atoms with Crippen molar-refractivity contribution in [2.24, 2.45) is 4.99 Å². The summed E-state index contributed by atoms with van der Waals surface area (Å²) in [4.78, 5) is 22.0. The number of carbonyl (C=O) groups excluding carboxylic acids is 1. The maximum absolute atomic E-state index is 12.6. The van der Waals surface area contributed by atoms with E-state index in [2.05, 4.69) is 43.0 Å². The van der Waals surface area contributed by atoms with Crippen molar-refractivity contribution in [1.82, 2.24) is 4.90 Å². The van der Waals surface area contributed by atoms with E-state index < -0.39 is 0 Å². The molecule has 1 aromatic carbocycles. The maximum Gasteiger partial charge on any atom is 0.225 e. The number of anilines is 1. The Morgan fingerprint density at radius 2 is 1.86 bits per heavy atom. The van der Waals surface area contributed by atoms with Gasteiger partial charge in [0.25, 0.3) is 0 Å². The highest BCUT2D eigenvalue weighted by molar-refractivity contribution is 8.14. The highest BCUT2D eigenvalue weighted by Crippen LogP contribution is 2.32. The van der Waals surface area contributed by atoms with Crippen LogP contribution < -0.4 is 4.90 Å². The van der Waals surface area contributed by atoms with Gasteiger partial charge in [0.15, 0.2) is 5.17 Å². The summed E-state index contributed by atoms with van der Waals surface area (Å²) >= 11 is 1.82. The lowest BCUT2D eigenvalue weighted by atomic mass is 9.96. The number of aliphatic imine (C=N–C) groups is 1. The van der Waals surface area contributed by atoms with Crippen molar-refractivity contribution in [3.05, 3.63) is 29.8 Å². The number of nitrogens with zero attached hydrogens (tertiary/aromatic N) is 3. The fraction of sp³-hybridized carbons (Fsp3) is 0.636. The lowest BCUT2D eigenvalue weighted by Gasteiger charge is -2.35. The minimum atomic E-state index is 0. The van der Waals surface area contributed by atoms with Crippen LogP contribution in [0.4, 0.5) is 5.69 Å². The highest BCUT2D eigenvalue weighted by Gasteiger charge is 2.36. The molecule has 1 heterocycles. The van der Waals surface area contributed by atoms with Gasteiger partial charge in [-0.25, -0.2) is 0 Å². The van der Waals surface area contributed by atoms with E-state index in [1.54, 1.807) is 6.92 Å². The number of aryl methyl sites for hydroxylation is 1. The van der Waals surface area contributed by atoms with E-state index in [4.69, 9.17) is 4.99 Å². The number of hydrogen-bond donors (Lipinski definition) is 0. The normalized spacial score (nSPS) is 21.6. The van der Waals surface area contributed by atoms with Crippen LogP contribution in [0.5, 0.6) is 0 Å². The van der Waals surface area contributed by atoms with Crippen molar-refractivity contribution >= 4 is 40.9 Å². The number of amidine groups is 1. The van der Waals surface area contributed by atoms with Crippen LogP contribution in [0.2, 0.25) is 0 Å². The molecular weight excluding hydrogens is 390 g/mol. The van der Waals surface area contributed by atoms with Crippen LogP contribution in [0, 0.1) is 0 Å². The molecule has 1 aromatic rings. The van der Waals surface area contributed by atoms with E-state index in [0.29, 0.717) is 6.04 Å². The Bertz CT molecular complexity index is 658. The fourth-order valence-electron chi connectivity index (χ4n) is 4.08. The Morgan fingerprint density at radius 3 is 2.43 bits per heavy atom. The van der Waals surface area contributed by atoms with Gasteiger partial charge in [-0.3, -0.25) is 14.7 Å². The Labute approximate surface area is 180 Å². The second kappa shape index (κ2) is 11.1. The van der Waals surface area contributed by atoms with Gasteiger partial charge in [0, 0.05) is 24.9 Å². The third-order valence-electron chi connectivity index (χ3n) is 5.56. The van der Waals surface area contributed by atoms with Gasteiger partial charge in [0.05, 0.1) is 6.04 Å². The monoisotopic (exact) mass is 423 g/mol. The summed E-state index contributed by atoms with van der Waals surface area (Å²) in [5.74, 6) is 0.991. The quantitative estimate of drug-likeness (QED) is 0.606. The maximum atomic E-state index is 12.6. The molecule has 2 fully saturated rings. The number of thioether (sulfide) groups is 1. The van der Waals surface area contributed by atoms with Crippen molar-refractivity contribution in [2.75, 3.05) is 17.2 Å². The number of benzene rings is 1.